The molecule has 0 radical (unpaired) electrons. The van der Waals surface area contributed by atoms with Gasteiger partial charge in [0.2, 0.25) is 5.91 Å². The Kier molecular flexibility index (Phi) is 4.47. The molecule has 0 saturated carbocycles. The Morgan fingerprint density at radius 3 is 2.73 bits per heavy atom. The van der Waals surface area contributed by atoms with Gasteiger partial charge in [-0.3, -0.25) is 4.79 Å². The van der Waals surface area contributed by atoms with E-state index in [9.17, 15) is 4.79 Å². The lowest BCUT2D eigenvalue weighted by Crippen LogP contribution is -2.48. The van der Waals surface area contributed by atoms with Crippen molar-refractivity contribution in [2.45, 2.75) is 20.3 Å². The lowest BCUT2D eigenvalue weighted by atomic mass is 10.3. The number of aromatic nitrogens is 1. The quantitative estimate of drug-likeness (QED) is 0.869. The van der Waals surface area contributed by atoms with E-state index in [1.165, 1.54) is 0 Å². The fourth-order valence-electron chi connectivity index (χ4n) is 2.69. The first kappa shape index (κ1) is 15.1. The first-order valence-corrected chi connectivity index (χ1v) is 8.59. The number of ether oxygens (including phenoxy) is 1. The Morgan fingerprint density at radius 1 is 1.27 bits per heavy atom. The minimum atomic E-state index is 0.239. The predicted molar refractivity (Wildman–Crippen MR) is 89.9 cm³/mol. The lowest BCUT2D eigenvalue weighted by molar-refractivity contribution is -0.131. The summed E-state index contributed by atoms with van der Waals surface area (Å²) in [7, 11) is 0. The second-order valence-electron chi connectivity index (χ2n) is 5.25. The molecule has 0 bridgehead atoms. The molecule has 1 aliphatic rings. The highest BCUT2D eigenvalue weighted by Crippen LogP contribution is 2.34. The third-order valence-electron chi connectivity index (χ3n) is 3.88. The minimum Gasteiger partial charge on any atom is -0.492 e. The molecule has 118 valence electrons. The van der Waals surface area contributed by atoms with Gasteiger partial charge in [0, 0.05) is 32.6 Å². The number of hydrogen-bond donors (Lipinski definition) is 0. The fourth-order valence-corrected chi connectivity index (χ4v) is 3.72. The highest BCUT2D eigenvalue weighted by Gasteiger charge is 2.22. The van der Waals surface area contributed by atoms with E-state index < -0.39 is 0 Å². The zero-order chi connectivity index (χ0) is 15.5. The summed E-state index contributed by atoms with van der Waals surface area (Å²) < 4.78 is 6.80. The number of thiazole rings is 1. The van der Waals surface area contributed by atoms with Crippen LogP contribution in [0.1, 0.15) is 20.3 Å². The summed E-state index contributed by atoms with van der Waals surface area (Å²) in [5.74, 6) is 1.09. The number of amides is 1. The topological polar surface area (TPSA) is 45.7 Å². The van der Waals surface area contributed by atoms with Gasteiger partial charge in [0.05, 0.1) is 11.3 Å². The number of carbonyl (C=O) groups excluding carboxylic acids is 1. The van der Waals surface area contributed by atoms with Crippen LogP contribution in [0.3, 0.4) is 0 Å². The minimum absolute atomic E-state index is 0.239. The van der Waals surface area contributed by atoms with Crippen LogP contribution in [-0.4, -0.2) is 48.6 Å². The van der Waals surface area contributed by atoms with E-state index in [1.54, 1.807) is 11.3 Å². The van der Waals surface area contributed by atoms with Crippen molar-refractivity contribution in [3.63, 3.8) is 0 Å². The van der Waals surface area contributed by atoms with Crippen molar-refractivity contribution in [2.24, 2.45) is 0 Å². The van der Waals surface area contributed by atoms with Crippen molar-refractivity contribution >= 4 is 32.6 Å². The van der Waals surface area contributed by atoms with Gasteiger partial charge in [0.1, 0.15) is 11.3 Å². The molecule has 1 saturated heterocycles. The average Bonchev–Trinajstić information content (AvgIpc) is 3.00. The first-order chi connectivity index (χ1) is 10.7. The maximum atomic E-state index is 11.7. The van der Waals surface area contributed by atoms with E-state index in [0.29, 0.717) is 13.0 Å². The van der Waals surface area contributed by atoms with Gasteiger partial charge < -0.3 is 14.5 Å². The predicted octanol–water partition coefficient (Wildman–Crippen LogP) is 2.75. The highest BCUT2D eigenvalue weighted by molar-refractivity contribution is 7.22. The number of carbonyl (C=O) groups is 1. The summed E-state index contributed by atoms with van der Waals surface area (Å²) in [5, 5.41) is 1.02. The number of rotatable bonds is 4. The molecule has 1 aromatic carbocycles. The number of anilines is 1. The van der Waals surface area contributed by atoms with Crippen LogP contribution >= 0.6 is 11.3 Å². The van der Waals surface area contributed by atoms with E-state index in [0.717, 1.165) is 47.3 Å². The monoisotopic (exact) mass is 319 g/mol. The molecule has 2 heterocycles. The van der Waals surface area contributed by atoms with Gasteiger partial charge in [-0.2, -0.15) is 0 Å². The van der Waals surface area contributed by atoms with Crippen molar-refractivity contribution in [2.75, 3.05) is 37.7 Å². The van der Waals surface area contributed by atoms with Crippen LogP contribution in [0.5, 0.6) is 5.75 Å². The summed E-state index contributed by atoms with van der Waals surface area (Å²) >= 11 is 1.69. The van der Waals surface area contributed by atoms with Crippen LogP contribution in [0.25, 0.3) is 10.2 Å². The van der Waals surface area contributed by atoms with Gasteiger partial charge in [-0.1, -0.05) is 24.3 Å². The molecule has 0 aliphatic carbocycles. The number of fused-ring (bicyclic) bond motifs is 1. The fraction of sp³-hybridized carbons (Fsp3) is 0.500. The summed E-state index contributed by atoms with van der Waals surface area (Å²) in [4.78, 5) is 20.7. The van der Waals surface area contributed by atoms with Crippen molar-refractivity contribution in [3.8, 4) is 5.75 Å². The molecule has 6 heteroatoms. The molecule has 0 atom stereocenters. The first-order valence-electron chi connectivity index (χ1n) is 7.78. The number of benzene rings is 1. The van der Waals surface area contributed by atoms with E-state index >= 15 is 0 Å². The molecule has 0 spiro atoms. The molecular formula is C16H21N3O2S. The van der Waals surface area contributed by atoms with E-state index in [1.807, 2.05) is 30.9 Å². The molecule has 1 aromatic heterocycles. The SMILES string of the molecule is CCOc1cccc2sc(N3CCN(C(=O)CC)CC3)nc12. The number of para-hydroxylation sites is 1. The zero-order valence-corrected chi connectivity index (χ0v) is 13.9. The van der Waals surface area contributed by atoms with E-state index in [-0.39, 0.29) is 5.91 Å². The maximum absolute atomic E-state index is 11.7. The number of nitrogens with zero attached hydrogens (tertiary/aromatic N) is 3. The lowest BCUT2D eigenvalue weighted by Gasteiger charge is -2.34. The Hall–Kier alpha value is -1.82. The van der Waals surface area contributed by atoms with E-state index in [4.69, 9.17) is 9.72 Å². The largest absolute Gasteiger partial charge is 0.492 e. The summed E-state index contributed by atoms with van der Waals surface area (Å²) in [6, 6.07) is 6.05. The highest BCUT2D eigenvalue weighted by atomic mass is 32.1. The van der Waals surface area contributed by atoms with Gasteiger partial charge in [-0.15, -0.1) is 0 Å². The zero-order valence-electron chi connectivity index (χ0n) is 13.0. The normalized spacial score (nSPS) is 15.4. The maximum Gasteiger partial charge on any atom is 0.222 e. The van der Waals surface area contributed by atoms with Crippen LogP contribution in [0.4, 0.5) is 5.13 Å². The third kappa shape index (κ3) is 2.88. The van der Waals surface area contributed by atoms with Crippen molar-refractivity contribution < 1.29 is 9.53 Å². The Balaban J connectivity index is 1.77. The summed E-state index contributed by atoms with van der Waals surface area (Å²) in [5.41, 5.74) is 0.941. The van der Waals surface area contributed by atoms with Crippen LogP contribution in [0, 0.1) is 0 Å². The molecular weight excluding hydrogens is 298 g/mol. The van der Waals surface area contributed by atoms with E-state index in [2.05, 4.69) is 11.0 Å². The van der Waals surface area contributed by atoms with Gasteiger partial charge in [0.25, 0.3) is 0 Å². The molecule has 0 unspecified atom stereocenters. The number of hydrogen-bond acceptors (Lipinski definition) is 5. The number of piperazine rings is 1. The smallest absolute Gasteiger partial charge is 0.222 e. The molecule has 5 nitrogen and oxygen atoms in total. The molecule has 3 rings (SSSR count). The molecule has 0 N–H and O–H groups in total. The molecule has 1 fully saturated rings. The summed E-state index contributed by atoms with van der Waals surface area (Å²) in [6.07, 6.45) is 0.582. The third-order valence-corrected chi connectivity index (χ3v) is 4.96. The van der Waals surface area contributed by atoms with Crippen LogP contribution < -0.4 is 9.64 Å². The Bertz CT molecular complexity index is 662. The van der Waals surface area contributed by atoms with Gasteiger partial charge >= 0.3 is 0 Å². The van der Waals surface area contributed by atoms with Crippen LogP contribution in [-0.2, 0) is 4.79 Å². The molecule has 1 amide bonds. The van der Waals surface area contributed by atoms with Crippen molar-refractivity contribution in [1.82, 2.24) is 9.88 Å². The van der Waals surface area contributed by atoms with Gasteiger partial charge in [0.15, 0.2) is 5.13 Å². The van der Waals surface area contributed by atoms with Crippen LogP contribution in [0.2, 0.25) is 0 Å². The van der Waals surface area contributed by atoms with Gasteiger partial charge in [-0.05, 0) is 19.1 Å². The standard InChI is InChI=1S/C16H21N3O2S/c1-3-14(20)18-8-10-19(11-9-18)16-17-15-12(21-4-2)6-5-7-13(15)22-16/h5-7H,3-4,8-11H2,1-2H3. The Morgan fingerprint density at radius 2 is 2.05 bits per heavy atom. The second kappa shape index (κ2) is 6.52. The average molecular weight is 319 g/mol. The van der Waals surface area contributed by atoms with Crippen LogP contribution in [0.15, 0.2) is 18.2 Å². The van der Waals surface area contributed by atoms with Crippen molar-refractivity contribution in [1.29, 1.82) is 0 Å². The Labute approximate surface area is 134 Å². The molecule has 22 heavy (non-hydrogen) atoms. The van der Waals surface area contributed by atoms with Crippen molar-refractivity contribution in [3.05, 3.63) is 18.2 Å². The molecule has 1 aliphatic heterocycles. The second-order valence-corrected chi connectivity index (χ2v) is 6.26. The van der Waals surface area contributed by atoms with Gasteiger partial charge in [-0.25, -0.2) is 4.98 Å². The summed E-state index contributed by atoms with van der Waals surface area (Å²) in [6.45, 7) is 7.78. The molecule has 2 aromatic rings.